The highest BCUT2D eigenvalue weighted by Gasteiger charge is 2.38. The van der Waals surface area contributed by atoms with Crippen molar-refractivity contribution in [3.63, 3.8) is 0 Å². The number of nitrogens with zero attached hydrogens (tertiary/aromatic N) is 1. The van der Waals surface area contributed by atoms with Gasteiger partial charge in [0.15, 0.2) is 0 Å². The molecule has 1 aromatic carbocycles. The lowest BCUT2D eigenvalue weighted by Gasteiger charge is -2.29. The van der Waals surface area contributed by atoms with Crippen LogP contribution in [0.5, 0.6) is 5.75 Å². The number of carboxylic acid groups (broad SMARTS) is 1. The number of primary amides is 1. The molecule has 1 fully saturated rings. The number of phenolic OH excluding ortho intramolecular Hbond substituents is 1. The maximum absolute atomic E-state index is 13.4. The Morgan fingerprint density at radius 3 is 2.33 bits per heavy atom. The Morgan fingerprint density at radius 2 is 1.75 bits per heavy atom. The molecule has 1 aliphatic rings. The number of carbonyl (C=O) groups is 5. The van der Waals surface area contributed by atoms with E-state index in [1.54, 1.807) is 12.1 Å². The first-order valence-corrected chi connectivity index (χ1v) is 12.9. The summed E-state index contributed by atoms with van der Waals surface area (Å²) in [7, 11) is 0. The van der Waals surface area contributed by atoms with Crippen LogP contribution in [0.4, 0.5) is 0 Å². The number of hydrogen-bond acceptors (Lipinski definition) is 8. The number of carbonyl (C=O) groups excluding carboxylic acids is 4. The molecule has 0 spiro atoms. The molecule has 1 saturated heterocycles. The number of benzene rings is 1. The molecule has 4 amide bonds. The molecule has 0 radical (unpaired) electrons. The first kappa shape index (κ1) is 28.9. The van der Waals surface area contributed by atoms with Crippen molar-refractivity contribution in [1.29, 1.82) is 0 Å². The molecule has 0 aromatic heterocycles. The van der Waals surface area contributed by atoms with Gasteiger partial charge in [-0.1, -0.05) is 12.1 Å². The number of nitrogens with two attached hydrogens (primary N) is 2. The van der Waals surface area contributed by atoms with E-state index in [-0.39, 0.29) is 25.1 Å². The smallest absolute Gasteiger partial charge is 0.326 e. The summed E-state index contributed by atoms with van der Waals surface area (Å²) in [5, 5.41) is 24.3. The maximum atomic E-state index is 13.4. The third kappa shape index (κ3) is 8.41. The van der Waals surface area contributed by atoms with E-state index in [2.05, 4.69) is 10.6 Å². The van der Waals surface area contributed by atoms with Gasteiger partial charge in [-0.15, -0.1) is 0 Å². The third-order valence-corrected chi connectivity index (χ3v) is 6.46. The number of hydrogen-bond donors (Lipinski definition) is 6. The summed E-state index contributed by atoms with van der Waals surface area (Å²) < 4.78 is 0. The maximum Gasteiger partial charge on any atom is 0.326 e. The lowest BCUT2D eigenvalue weighted by Crippen LogP contribution is -2.58. The van der Waals surface area contributed by atoms with Crippen molar-refractivity contribution in [3.05, 3.63) is 29.8 Å². The number of nitrogens with one attached hydrogen (secondary N) is 2. The van der Waals surface area contributed by atoms with Crippen molar-refractivity contribution >= 4 is 41.4 Å². The Kier molecular flexibility index (Phi) is 11.0. The Bertz CT molecular complexity index is 959. The highest BCUT2D eigenvalue weighted by molar-refractivity contribution is 7.98. The third-order valence-electron chi connectivity index (χ3n) is 5.81. The molecule has 4 unspecified atom stereocenters. The Morgan fingerprint density at radius 1 is 1.11 bits per heavy atom. The largest absolute Gasteiger partial charge is 0.508 e. The molecule has 0 aliphatic carbocycles. The van der Waals surface area contributed by atoms with Crippen molar-refractivity contribution in [2.45, 2.75) is 56.3 Å². The van der Waals surface area contributed by atoms with E-state index >= 15 is 0 Å². The molecule has 36 heavy (non-hydrogen) atoms. The summed E-state index contributed by atoms with van der Waals surface area (Å²) in [5.74, 6) is -3.28. The van der Waals surface area contributed by atoms with Crippen molar-refractivity contribution in [2.75, 3.05) is 18.6 Å². The van der Waals surface area contributed by atoms with Crippen LogP contribution in [0.2, 0.25) is 0 Å². The van der Waals surface area contributed by atoms with Crippen molar-refractivity contribution in [1.82, 2.24) is 15.5 Å². The standard InChI is InChI=1S/C23H33N5O7S/c1-36-10-8-16(26-20(31)15(24)12-19(25)30)21(32)27-17(11-13-4-6-14(29)7-5-13)22(33)28-9-2-3-18(28)23(34)35/h4-7,15-18,29H,2-3,8-12,24H2,1H3,(H2,25,30)(H,26,31)(H,27,32)(H,34,35). The number of aromatic hydroxyl groups is 1. The summed E-state index contributed by atoms with van der Waals surface area (Å²) in [6.45, 7) is 0.242. The molecule has 1 aliphatic heterocycles. The van der Waals surface area contributed by atoms with Crippen molar-refractivity contribution in [2.24, 2.45) is 11.5 Å². The number of phenols is 1. The first-order valence-electron chi connectivity index (χ1n) is 11.5. The first-order chi connectivity index (χ1) is 17.0. The predicted octanol–water partition coefficient (Wildman–Crippen LogP) is -1.06. The normalized spacial score (nSPS) is 17.6. The van der Waals surface area contributed by atoms with Gasteiger partial charge in [-0.05, 0) is 49.0 Å². The van der Waals surface area contributed by atoms with Gasteiger partial charge in [0, 0.05) is 13.0 Å². The van der Waals surface area contributed by atoms with Crippen LogP contribution in [0.3, 0.4) is 0 Å². The molecular formula is C23H33N5O7S. The van der Waals surface area contributed by atoms with Gasteiger partial charge in [0.1, 0.15) is 23.9 Å². The topological polar surface area (TPSA) is 205 Å². The fourth-order valence-electron chi connectivity index (χ4n) is 3.92. The molecule has 1 heterocycles. The Balaban J connectivity index is 2.25. The molecule has 2 rings (SSSR count). The molecule has 0 saturated carbocycles. The minimum atomic E-state index is -1.23. The van der Waals surface area contributed by atoms with Gasteiger partial charge in [-0.3, -0.25) is 19.2 Å². The summed E-state index contributed by atoms with van der Waals surface area (Å²) in [6, 6.07) is 1.68. The van der Waals surface area contributed by atoms with Crippen LogP contribution < -0.4 is 22.1 Å². The van der Waals surface area contributed by atoms with E-state index in [0.717, 1.165) is 0 Å². The highest BCUT2D eigenvalue weighted by Crippen LogP contribution is 2.20. The second kappa shape index (κ2) is 13.7. The van der Waals surface area contributed by atoms with Crippen molar-refractivity contribution in [3.8, 4) is 5.75 Å². The van der Waals surface area contributed by atoms with Crippen LogP contribution in [-0.4, -0.2) is 87.4 Å². The number of carboxylic acids is 1. The van der Waals surface area contributed by atoms with E-state index in [4.69, 9.17) is 11.5 Å². The van der Waals surface area contributed by atoms with E-state index in [9.17, 15) is 34.2 Å². The van der Waals surface area contributed by atoms with Crippen LogP contribution in [0, 0.1) is 0 Å². The number of thioether (sulfide) groups is 1. The van der Waals surface area contributed by atoms with Gasteiger partial charge in [0.25, 0.3) is 0 Å². The molecule has 8 N–H and O–H groups in total. The Labute approximate surface area is 213 Å². The van der Waals surface area contributed by atoms with Crippen LogP contribution in [0.25, 0.3) is 0 Å². The predicted molar refractivity (Wildman–Crippen MR) is 133 cm³/mol. The van der Waals surface area contributed by atoms with Gasteiger partial charge in [0.2, 0.25) is 23.6 Å². The molecule has 12 nitrogen and oxygen atoms in total. The lowest BCUT2D eigenvalue weighted by atomic mass is 10.0. The summed E-state index contributed by atoms with van der Waals surface area (Å²) in [4.78, 5) is 63.0. The number of amides is 4. The summed E-state index contributed by atoms with van der Waals surface area (Å²) in [6.07, 6.45) is 2.53. The van der Waals surface area contributed by atoms with E-state index < -0.39 is 60.2 Å². The number of likely N-dealkylation sites (tertiary alicyclic amines) is 1. The lowest BCUT2D eigenvalue weighted by molar-refractivity contribution is -0.149. The molecule has 1 aromatic rings. The highest BCUT2D eigenvalue weighted by atomic mass is 32.2. The van der Waals surface area contributed by atoms with E-state index in [0.29, 0.717) is 24.2 Å². The van der Waals surface area contributed by atoms with Gasteiger partial charge in [-0.2, -0.15) is 11.8 Å². The second-order valence-corrected chi connectivity index (χ2v) is 9.56. The zero-order valence-corrected chi connectivity index (χ0v) is 20.8. The average molecular weight is 524 g/mol. The average Bonchev–Trinajstić information content (AvgIpc) is 3.32. The molecular weight excluding hydrogens is 490 g/mol. The van der Waals surface area contributed by atoms with Crippen LogP contribution in [0.1, 0.15) is 31.2 Å². The van der Waals surface area contributed by atoms with E-state index in [1.807, 2.05) is 6.26 Å². The van der Waals surface area contributed by atoms with Gasteiger partial charge in [-0.25, -0.2) is 4.79 Å². The van der Waals surface area contributed by atoms with Crippen LogP contribution >= 0.6 is 11.8 Å². The summed E-state index contributed by atoms with van der Waals surface area (Å²) >= 11 is 1.45. The van der Waals surface area contributed by atoms with Gasteiger partial charge >= 0.3 is 5.97 Å². The SMILES string of the molecule is CSCCC(NC(=O)C(N)CC(N)=O)C(=O)NC(Cc1ccc(O)cc1)C(=O)N1CCCC1C(=O)O. The number of rotatable bonds is 13. The quantitative estimate of drug-likeness (QED) is 0.186. The van der Waals surface area contributed by atoms with Crippen molar-refractivity contribution < 1.29 is 34.2 Å². The number of aliphatic carboxylic acids is 1. The zero-order chi connectivity index (χ0) is 26.8. The molecule has 13 heteroatoms. The van der Waals surface area contributed by atoms with Crippen LogP contribution in [0.15, 0.2) is 24.3 Å². The van der Waals surface area contributed by atoms with Gasteiger partial charge < -0.3 is 37.2 Å². The molecule has 4 atom stereocenters. The van der Waals surface area contributed by atoms with E-state index in [1.165, 1.54) is 28.8 Å². The summed E-state index contributed by atoms with van der Waals surface area (Å²) in [5.41, 5.74) is 11.4. The fraction of sp³-hybridized carbons (Fsp3) is 0.522. The minimum Gasteiger partial charge on any atom is -0.508 e. The Hall–Kier alpha value is -3.32. The molecule has 198 valence electrons. The zero-order valence-electron chi connectivity index (χ0n) is 20.0. The molecule has 0 bridgehead atoms. The second-order valence-electron chi connectivity index (χ2n) is 8.58. The fourth-order valence-corrected chi connectivity index (χ4v) is 4.39. The monoisotopic (exact) mass is 523 g/mol. The minimum absolute atomic E-state index is 0.0308. The van der Waals surface area contributed by atoms with Gasteiger partial charge in [0.05, 0.1) is 12.5 Å². The van der Waals surface area contributed by atoms with Crippen LogP contribution in [-0.2, 0) is 30.4 Å².